The van der Waals surface area contributed by atoms with Gasteiger partial charge in [0, 0.05) is 19.0 Å². The number of carboxylic acids is 1. The molecule has 0 radical (unpaired) electrons. The van der Waals surface area contributed by atoms with E-state index in [0.717, 1.165) is 34.4 Å². The Labute approximate surface area is 198 Å². The molecule has 1 aliphatic rings. The summed E-state index contributed by atoms with van der Waals surface area (Å²) in [4.78, 5) is 38.3. The molecule has 2 aromatic rings. The number of ether oxygens (including phenoxy) is 1. The third-order valence-electron chi connectivity index (χ3n) is 6.06. The Hall–Kier alpha value is -3.00. The van der Waals surface area contributed by atoms with Crippen LogP contribution in [-0.4, -0.2) is 65.7 Å². The van der Waals surface area contributed by atoms with Gasteiger partial charge in [-0.15, -0.1) is 0 Å². The second-order valence-corrected chi connectivity index (χ2v) is 9.19. The molecule has 0 aromatic heterocycles. The van der Waals surface area contributed by atoms with Gasteiger partial charge in [0.15, 0.2) is 0 Å². The normalized spacial score (nSPS) is 14.0. The lowest BCUT2D eigenvalue weighted by Crippen LogP contribution is -2.51. The Balaban J connectivity index is 1.66. The summed E-state index contributed by atoms with van der Waals surface area (Å²) in [6, 6.07) is 14.7. The van der Waals surface area contributed by atoms with Crippen LogP contribution >= 0.6 is 11.8 Å². The molecule has 0 saturated carbocycles. The quantitative estimate of drug-likeness (QED) is 0.546. The number of amides is 2. The number of carbonyl (C=O) groups excluding carboxylic acids is 2. The number of carbonyl (C=O) groups is 3. The summed E-state index contributed by atoms with van der Waals surface area (Å²) >= 11 is 1.68. The van der Waals surface area contributed by atoms with Crippen molar-refractivity contribution in [3.05, 3.63) is 59.7 Å². The third kappa shape index (κ3) is 5.87. The van der Waals surface area contributed by atoms with E-state index in [1.54, 1.807) is 18.8 Å². The number of aliphatic carboxylic acids is 1. The van der Waals surface area contributed by atoms with Crippen molar-refractivity contribution in [3.63, 3.8) is 0 Å². The van der Waals surface area contributed by atoms with E-state index in [9.17, 15) is 19.5 Å². The van der Waals surface area contributed by atoms with Gasteiger partial charge in [-0.25, -0.2) is 4.79 Å². The molecule has 0 aliphatic heterocycles. The number of nitrogens with one attached hydrogen (secondary N) is 1. The van der Waals surface area contributed by atoms with Gasteiger partial charge in [-0.3, -0.25) is 9.59 Å². The van der Waals surface area contributed by atoms with Gasteiger partial charge in [-0.2, -0.15) is 11.8 Å². The van der Waals surface area contributed by atoms with Crippen LogP contribution in [-0.2, 0) is 14.3 Å². The van der Waals surface area contributed by atoms with Crippen LogP contribution in [0.5, 0.6) is 0 Å². The molecule has 8 heteroatoms. The molecule has 0 heterocycles. The second kappa shape index (κ2) is 11.2. The summed E-state index contributed by atoms with van der Waals surface area (Å²) in [5.41, 5.74) is 4.38. The molecule has 0 spiro atoms. The molecular formula is C25H30N2O5S. The molecule has 7 nitrogen and oxygen atoms in total. The van der Waals surface area contributed by atoms with Gasteiger partial charge in [0.1, 0.15) is 12.6 Å². The molecule has 33 heavy (non-hydrogen) atoms. The van der Waals surface area contributed by atoms with Gasteiger partial charge in [-0.1, -0.05) is 48.5 Å². The number of carboxylic acid groups (broad SMARTS) is 1. The van der Waals surface area contributed by atoms with Crippen molar-refractivity contribution >= 4 is 29.7 Å². The monoisotopic (exact) mass is 470 g/mol. The Kier molecular flexibility index (Phi) is 8.38. The van der Waals surface area contributed by atoms with E-state index in [1.807, 2.05) is 61.7 Å². The van der Waals surface area contributed by atoms with Crippen LogP contribution in [0.25, 0.3) is 11.1 Å². The topological polar surface area (TPSA) is 95.9 Å². The Morgan fingerprint density at radius 3 is 2.21 bits per heavy atom. The molecule has 0 bridgehead atoms. The standard InChI is InChI=1S/C25H30N2O5S/c1-16(12-13-33-3)27(2)24(30)22(14-23(28)29)26-25(31)32-15-21-19-10-6-4-8-17(19)18-9-5-7-11-20(18)21/h4-11,16,21-22H,12-15H2,1-3H3,(H,26,31)(H,28,29). The van der Waals surface area contributed by atoms with E-state index in [1.165, 1.54) is 4.90 Å². The second-order valence-electron chi connectivity index (χ2n) is 8.20. The Morgan fingerprint density at radius 1 is 1.09 bits per heavy atom. The molecule has 2 unspecified atom stereocenters. The summed E-state index contributed by atoms with van der Waals surface area (Å²) in [6.45, 7) is 1.99. The van der Waals surface area contributed by atoms with Gasteiger partial charge in [0.2, 0.25) is 5.91 Å². The van der Waals surface area contributed by atoms with Gasteiger partial charge in [-0.05, 0) is 47.6 Å². The van der Waals surface area contributed by atoms with Crippen LogP contribution < -0.4 is 5.32 Å². The van der Waals surface area contributed by atoms with Crippen LogP contribution in [0.3, 0.4) is 0 Å². The lowest BCUT2D eigenvalue weighted by atomic mass is 9.98. The molecule has 2 aromatic carbocycles. The van der Waals surface area contributed by atoms with Crippen molar-refractivity contribution in [3.8, 4) is 11.1 Å². The average molecular weight is 471 g/mol. The predicted molar refractivity (Wildman–Crippen MR) is 129 cm³/mol. The Morgan fingerprint density at radius 2 is 1.67 bits per heavy atom. The lowest BCUT2D eigenvalue weighted by Gasteiger charge is -2.28. The first-order valence-corrected chi connectivity index (χ1v) is 12.3. The van der Waals surface area contributed by atoms with Crippen molar-refractivity contribution < 1.29 is 24.2 Å². The molecule has 2 amide bonds. The smallest absolute Gasteiger partial charge is 0.407 e. The van der Waals surface area contributed by atoms with Crippen molar-refractivity contribution in [1.82, 2.24) is 10.2 Å². The third-order valence-corrected chi connectivity index (χ3v) is 6.71. The van der Waals surface area contributed by atoms with Gasteiger partial charge in [0.25, 0.3) is 0 Å². The maximum absolute atomic E-state index is 12.9. The van der Waals surface area contributed by atoms with Gasteiger partial charge in [0.05, 0.1) is 6.42 Å². The average Bonchev–Trinajstić information content (AvgIpc) is 3.13. The first kappa shape index (κ1) is 24.6. The molecule has 1 aliphatic carbocycles. The number of nitrogens with zero attached hydrogens (tertiary/aromatic N) is 1. The van der Waals surface area contributed by atoms with Crippen molar-refractivity contribution in [2.24, 2.45) is 0 Å². The van der Waals surface area contributed by atoms with Crippen LogP contribution in [0.2, 0.25) is 0 Å². The van der Waals surface area contributed by atoms with Crippen LogP contribution in [0.15, 0.2) is 48.5 Å². The summed E-state index contributed by atoms with van der Waals surface area (Å²) in [6.07, 6.45) is 1.44. The number of alkyl carbamates (subject to hydrolysis) is 1. The fraction of sp³-hybridized carbons (Fsp3) is 0.400. The predicted octanol–water partition coefficient (Wildman–Crippen LogP) is 3.97. The molecule has 3 rings (SSSR count). The molecular weight excluding hydrogens is 440 g/mol. The largest absolute Gasteiger partial charge is 0.481 e. The highest BCUT2D eigenvalue weighted by Gasteiger charge is 2.31. The van der Waals surface area contributed by atoms with E-state index < -0.39 is 30.4 Å². The first-order valence-electron chi connectivity index (χ1n) is 10.9. The first-order chi connectivity index (χ1) is 15.8. The highest BCUT2D eigenvalue weighted by atomic mass is 32.2. The fourth-order valence-electron chi connectivity index (χ4n) is 4.10. The van der Waals surface area contributed by atoms with Crippen LogP contribution in [0.4, 0.5) is 4.79 Å². The molecule has 0 fully saturated rings. The van der Waals surface area contributed by atoms with Crippen molar-refractivity contribution in [2.75, 3.05) is 25.7 Å². The van der Waals surface area contributed by atoms with Gasteiger partial charge >= 0.3 is 12.1 Å². The number of likely N-dealkylation sites (N-methyl/N-ethyl adjacent to an activating group) is 1. The number of rotatable bonds is 10. The lowest BCUT2D eigenvalue weighted by molar-refractivity contribution is -0.142. The number of benzene rings is 2. The van der Waals surface area contributed by atoms with E-state index in [-0.39, 0.29) is 18.6 Å². The summed E-state index contributed by atoms with van der Waals surface area (Å²) in [7, 11) is 1.63. The van der Waals surface area contributed by atoms with E-state index in [2.05, 4.69) is 5.32 Å². The van der Waals surface area contributed by atoms with Gasteiger partial charge < -0.3 is 20.1 Å². The maximum Gasteiger partial charge on any atom is 0.407 e. The number of thioether (sulfide) groups is 1. The van der Waals surface area contributed by atoms with Crippen LogP contribution in [0, 0.1) is 0 Å². The number of hydrogen-bond donors (Lipinski definition) is 2. The zero-order chi connectivity index (χ0) is 24.0. The zero-order valence-corrected chi connectivity index (χ0v) is 19.9. The van der Waals surface area contributed by atoms with Crippen LogP contribution in [0.1, 0.15) is 36.8 Å². The van der Waals surface area contributed by atoms with Crippen molar-refractivity contribution in [2.45, 2.75) is 37.8 Å². The minimum absolute atomic E-state index is 0.0782. The summed E-state index contributed by atoms with van der Waals surface area (Å²) in [5, 5.41) is 11.7. The zero-order valence-electron chi connectivity index (χ0n) is 19.1. The Bertz CT molecular complexity index is 966. The number of fused-ring (bicyclic) bond motifs is 3. The van der Waals surface area contributed by atoms with E-state index >= 15 is 0 Å². The molecule has 176 valence electrons. The summed E-state index contributed by atoms with van der Waals surface area (Å²) in [5.74, 6) is -0.856. The molecule has 0 saturated heterocycles. The van der Waals surface area contributed by atoms with Crippen molar-refractivity contribution in [1.29, 1.82) is 0 Å². The molecule has 2 atom stereocenters. The SMILES string of the molecule is CSCCC(C)N(C)C(=O)C(CC(=O)O)NC(=O)OCC1c2ccccc2-c2ccccc21. The highest BCUT2D eigenvalue weighted by Crippen LogP contribution is 2.44. The number of hydrogen-bond acceptors (Lipinski definition) is 5. The highest BCUT2D eigenvalue weighted by molar-refractivity contribution is 7.98. The minimum atomic E-state index is -1.19. The minimum Gasteiger partial charge on any atom is -0.481 e. The van der Waals surface area contributed by atoms with E-state index in [4.69, 9.17) is 4.74 Å². The molecule has 2 N–H and O–H groups in total. The maximum atomic E-state index is 12.9. The van der Waals surface area contributed by atoms with E-state index in [0.29, 0.717) is 0 Å². The fourth-order valence-corrected chi connectivity index (χ4v) is 4.68. The summed E-state index contributed by atoms with van der Waals surface area (Å²) < 4.78 is 5.49.